The molecule has 2 unspecified atom stereocenters. The van der Waals surface area contributed by atoms with Gasteiger partial charge in [0.2, 0.25) is 0 Å². The molecule has 0 saturated heterocycles. The van der Waals surface area contributed by atoms with Gasteiger partial charge in [-0.25, -0.2) is 0 Å². The third kappa shape index (κ3) is 1.93. The van der Waals surface area contributed by atoms with E-state index in [-0.39, 0.29) is 0 Å². The molecule has 0 fully saturated rings. The molecular formula is C14H21N. The van der Waals surface area contributed by atoms with Gasteiger partial charge in [-0.05, 0) is 42.4 Å². The summed E-state index contributed by atoms with van der Waals surface area (Å²) in [5, 5.41) is 3.59. The van der Waals surface area contributed by atoms with Gasteiger partial charge < -0.3 is 5.32 Å². The summed E-state index contributed by atoms with van der Waals surface area (Å²) >= 11 is 0. The summed E-state index contributed by atoms with van der Waals surface area (Å²) in [5.74, 6) is 0.694. The zero-order chi connectivity index (χ0) is 10.8. The first-order valence-corrected chi connectivity index (χ1v) is 6.11. The Morgan fingerprint density at radius 3 is 2.80 bits per heavy atom. The van der Waals surface area contributed by atoms with Crippen molar-refractivity contribution in [2.45, 2.75) is 52.1 Å². The van der Waals surface area contributed by atoms with Crippen LogP contribution in [0, 0.1) is 0 Å². The molecule has 1 nitrogen and oxygen atoms in total. The van der Waals surface area contributed by atoms with Gasteiger partial charge in [-0.2, -0.15) is 0 Å². The van der Waals surface area contributed by atoms with Crippen molar-refractivity contribution in [1.29, 1.82) is 0 Å². The molecule has 2 atom stereocenters. The van der Waals surface area contributed by atoms with E-state index in [0.29, 0.717) is 12.0 Å². The Morgan fingerprint density at radius 1 is 1.33 bits per heavy atom. The Balaban J connectivity index is 2.38. The zero-order valence-corrected chi connectivity index (χ0v) is 10.0. The molecule has 1 aliphatic rings. The van der Waals surface area contributed by atoms with Crippen LogP contribution in [0.5, 0.6) is 0 Å². The molecule has 1 aromatic rings. The van der Waals surface area contributed by atoms with Gasteiger partial charge in [0.05, 0.1) is 0 Å². The summed E-state index contributed by atoms with van der Waals surface area (Å²) in [7, 11) is 0. The van der Waals surface area contributed by atoms with Crippen molar-refractivity contribution >= 4 is 0 Å². The Morgan fingerprint density at radius 2 is 2.13 bits per heavy atom. The van der Waals surface area contributed by atoms with E-state index in [1.54, 1.807) is 5.56 Å². The molecule has 1 heterocycles. The van der Waals surface area contributed by atoms with Crippen LogP contribution in [0.4, 0.5) is 0 Å². The van der Waals surface area contributed by atoms with Gasteiger partial charge in [-0.3, -0.25) is 0 Å². The molecule has 0 bridgehead atoms. The van der Waals surface area contributed by atoms with Gasteiger partial charge in [0.25, 0.3) is 0 Å². The molecule has 0 aliphatic carbocycles. The molecular weight excluding hydrogens is 182 g/mol. The lowest BCUT2D eigenvalue weighted by atomic mass is 9.83. The van der Waals surface area contributed by atoms with Gasteiger partial charge in [-0.1, -0.05) is 32.0 Å². The highest BCUT2D eigenvalue weighted by Gasteiger charge is 2.24. The highest BCUT2D eigenvalue weighted by molar-refractivity contribution is 5.37. The summed E-state index contributed by atoms with van der Waals surface area (Å²) < 4.78 is 0. The van der Waals surface area contributed by atoms with Crippen LogP contribution in [-0.4, -0.2) is 6.04 Å². The van der Waals surface area contributed by atoms with Crippen LogP contribution >= 0.6 is 0 Å². The average Bonchev–Trinajstić information content (AvgIpc) is 2.28. The fourth-order valence-electron chi connectivity index (χ4n) is 2.65. The molecule has 15 heavy (non-hydrogen) atoms. The molecule has 0 radical (unpaired) electrons. The van der Waals surface area contributed by atoms with E-state index in [9.17, 15) is 0 Å². The molecule has 2 rings (SSSR count). The Hall–Kier alpha value is -0.820. The van der Waals surface area contributed by atoms with E-state index in [0.717, 1.165) is 13.0 Å². The standard InChI is InChI=1S/C14H21N/c1-4-11-6-7-14-12(8-11)9-15-10(3)13(14)5-2/h6-8,10,13,15H,4-5,9H2,1-3H3. The Bertz CT molecular complexity index is 343. The first kappa shape index (κ1) is 10.7. The van der Waals surface area contributed by atoms with Crippen LogP contribution in [0.3, 0.4) is 0 Å². The summed E-state index contributed by atoms with van der Waals surface area (Å²) in [5.41, 5.74) is 4.54. The van der Waals surface area contributed by atoms with Crippen LogP contribution in [0.25, 0.3) is 0 Å². The van der Waals surface area contributed by atoms with Gasteiger partial charge in [0.1, 0.15) is 0 Å². The average molecular weight is 203 g/mol. The molecule has 1 aliphatic heterocycles. The summed E-state index contributed by atoms with van der Waals surface area (Å²) in [6.45, 7) is 7.84. The minimum atomic E-state index is 0.620. The summed E-state index contributed by atoms with van der Waals surface area (Å²) in [6.07, 6.45) is 2.37. The van der Waals surface area contributed by atoms with Crippen molar-refractivity contribution in [3.05, 3.63) is 34.9 Å². The molecule has 1 aromatic carbocycles. The monoisotopic (exact) mass is 203 g/mol. The minimum Gasteiger partial charge on any atom is -0.310 e. The molecule has 82 valence electrons. The predicted molar refractivity (Wildman–Crippen MR) is 65.2 cm³/mol. The van der Waals surface area contributed by atoms with E-state index in [4.69, 9.17) is 0 Å². The van der Waals surface area contributed by atoms with Gasteiger partial charge >= 0.3 is 0 Å². The number of rotatable bonds is 2. The molecule has 0 saturated carbocycles. The van der Waals surface area contributed by atoms with Crippen molar-refractivity contribution in [3.8, 4) is 0 Å². The predicted octanol–water partition coefficient (Wildman–Crippen LogP) is 3.23. The Labute approximate surface area is 92.9 Å². The molecule has 0 aromatic heterocycles. The minimum absolute atomic E-state index is 0.620. The van der Waals surface area contributed by atoms with Crippen LogP contribution in [0.15, 0.2) is 18.2 Å². The number of hydrogen-bond donors (Lipinski definition) is 1. The van der Waals surface area contributed by atoms with Gasteiger partial charge in [0.15, 0.2) is 0 Å². The zero-order valence-electron chi connectivity index (χ0n) is 10.0. The molecule has 0 amide bonds. The van der Waals surface area contributed by atoms with E-state index in [2.05, 4.69) is 44.3 Å². The topological polar surface area (TPSA) is 12.0 Å². The van der Waals surface area contributed by atoms with Crippen molar-refractivity contribution in [2.24, 2.45) is 0 Å². The first-order valence-electron chi connectivity index (χ1n) is 6.11. The second kappa shape index (κ2) is 4.36. The molecule has 0 spiro atoms. The lowest BCUT2D eigenvalue weighted by Crippen LogP contribution is -2.36. The number of hydrogen-bond acceptors (Lipinski definition) is 1. The van der Waals surface area contributed by atoms with Crippen LogP contribution in [0.2, 0.25) is 0 Å². The SMILES string of the molecule is CCc1ccc2c(c1)CNC(C)C2CC. The van der Waals surface area contributed by atoms with Crippen LogP contribution in [0.1, 0.15) is 49.8 Å². The molecule has 1 heteroatoms. The van der Waals surface area contributed by atoms with Crippen LogP contribution < -0.4 is 5.32 Å². The lowest BCUT2D eigenvalue weighted by Gasteiger charge is -2.32. The number of aryl methyl sites for hydroxylation is 1. The quantitative estimate of drug-likeness (QED) is 0.778. The third-order valence-corrected chi connectivity index (χ3v) is 3.67. The highest BCUT2D eigenvalue weighted by atomic mass is 14.9. The summed E-state index contributed by atoms with van der Waals surface area (Å²) in [6, 6.07) is 7.63. The normalized spacial score (nSPS) is 25.0. The van der Waals surface area contributed by atoms with E-state index in [1.807, 2.05) is 0 Å². The van der Waals surface area contributed by atoms with Gasteiger partial charge in [-0.15, -0.1) is 0 Å². The number of nitrogens with one attached hydrogen (secondary N) is 1. The number of fused-ring (bicyclic) bond motifs is 1. The maximum Gasteiger partial charge on any atom is 0.0211 e. The first-order chi connectivity index (χ1) is 7.26. The van der Waals surface area contributed by atoms with E-state index in [1.165, 1.54) is 17.5 Å². The van der Waals surface area contributed by atoms with Crippen molar-refractivity contribution in [1.82, 2.24) is 5.32 Å². The van der Waals surface area contributed by atoms with Crippen LogP contribution in [-0.2, 0) is 13.0 Å². The largest absolute Gasteiger partial charge is 0.310 e. The number of benzene rings is 1. The Kier molecular flexibility index (Phi) is 3.11. The second-order valence-corrected chi connectivity index (χ2v) is 4.57. The lowest BCUT2D eigenvalue weighted by molar-refractivity contribution is 0.419. The van der Waals surface area contributed by atoms with Crippen molar-refractivity contribution in [2.75, 3.05) is 0 Å². The van der Waals surface area contributed by atoms with E-state index < -0.39 is 0 Å². The maximum atomic E-state index is 3.59. The summed E-state index contributed by atoms with van der Waals surface area (Å²) in [4.78, 5) is 0. The van der Waals surface area contributed by atoms with Crippen molar-refractivity contribution < 1.29 is 0 Å². The smallest absolute Gasteiger partial charge is 0.0211 e. The fraction of sp³-hybridized carbons (Fsp3) is 0.571. The van der Waals surface area contributed by atoms with E-state index >= 15 is 0 Å². The molecule has 1 N–H and O–H groups in total. The second-order valence-electron chi connectivity index (χ2n) is 4.57. The van der Waals surface area contributed by atoms with Gasteiger partial charge in [0, 0.05) is 12.6 Å². The van der Waals surface area contributed by atoms with Crippen molar-refractivity contribution in [3.63, 3.8) is 0 Å². The maximum absolute atomic E-state index is 3.59. The highest BCUT2D eigenvalue weighted by Crippen LogP contribution is 2.31. The third-order valence-electron chi connectivity index (χ3n) is 3.67. The fourth-order valence-corrected chi connectivity index (χ4v) is 2.65.